The van der Waals surface area contributed by atoms with Crippen molar-refractivity contribution >= 4 is 50.8 Å². The molecule has 1 aliphatic rings. The van der Waals surface area contributed by atoms with E-state index in [1.807, 2.05) is 12.3 Å². The standard InChI is InChI=1S/C16H14Cl2N2O2S/c1-16(2)9-19-13-8-10(6-7-11(13)16)20-23(21,22)14-5-3-4-12(17)15(14)18/h3-9,20H,1-2H3. The highest BCUT2D eigenvalue weighted by Crippen LogP contribution is 2.38. The Hall–Kier alpha value is -1.56. The van der Waals surface area contributed by atoms with Gasteiger partial charge in [-0.15, -0.1) is 0 Å². The normalized spacial score (nSPS) is 15.5. The summed E-state index contributed by atoms with van der Waals surface area (Å²) in [6, 6.07) is 9.78. The first-order valence-corrected chi connectivity index (χ1v) is 9.11. The van der Waals surface area contributed by atoms with Gasteiger partial charge in [-0.2, -0.15) is 0 Å². The maximum Gasteiger partial charge on any atom is 0.263 e. The van der Waals surface area contributed by atoms with E-state index in [0.717, 1.165) is 11.3 Å². The van der Waals surface area contributed by atoms with Gasteiger partial charge in [-0.3, -0.25) is 9.71 Å². The number of sulfonamides is 1. The molecule has 0 spiro atoms. The molecular weight excluding hydrogens is 355 g/mol. The van der Waals surface area contributed by atoms with Crippen LogP contribution in [0, 0.1) is 0 Å². The Morgan fingerprint density at radius 2 is 1.87 bits per heavy atom. The molecule has 0 saturated carbocycles. The van der Waals surface area contributed by atoms with Gasteiger partial charge in [0.1, 0.15) is 4.90 Å². The Labute approximate surface area is 145 Å². The zero-order valence-corrected chi connectivity index (χ0v) is 14.8. The summed E-state index contributed by atoms with van der Waals surface area (Å²) in [5, 5.41) is 0.192. The number of hydrogen-bond acceptors (Lipinski definition) is 3. The lowest BCUT2D eigenvalue weighted by molar-refractivity contribution is 0.601. The lowest BCUT2D eigenvalue weighted by Crippen LogP contribution is -2.15. The molecule has 0 aromatic heterocycles. The second-order valence-corrected chi connectivity index (χ2v) is 8.31. The molecule has 0 fully saturated rings. The highest BCUT2D eigenvalue weighted by molar-refractivity contribution is 7.92. The average Bonchev–Trinajstić information content (AvgIpc) is 2.76. The molecule has 2 aromatic carbocycles. The summed E-state index contributed by atoms with van der Waals surface area (Å²) in [6.07, 6.45) is 1.85. The van der Waals surface area contributed by atoms with Crippen LogP contribution in [0.4, 0.5) is 11.4 Å². The fraction of sp³-hybridized carbons (Fsp3) is 0.188. The van der Waals surface area contributed by atoms with E-state index in [-0.39, 0.29) is 20.4 Å². The molecule has 2 aromatic rings. The summed E-state index contributed by atoms with van der Waals surface area (Å²) < 4.78 is 27.5. The molecule has 3 rings (SSSR count). The number of fused-ring (bicyclic) bond motifs is 1. The Kier molecular flexibility index (Phi) is 3.91. The molecule has 7 heteroatoms. The Balaban J connectivity index is 1.96. The SMILES string of the molecule is CC1(C)C=Nc2cc(NS(=O)(=O)c3cccc(Cl)c3Cl)ccc21. The minimum absolute atomic E-state index is 0.00183. The number of anilines is 1. The van der Waals surface area contributed by atoms with Crippen molar-refractivity contribution < 1.29 is 8.42 Å². The van der Waals surface area contributed by atoms with Gasteiger partial charge < -0.3 is 0 Å². The lowest BCUT2D eigenvalue weighted by atomic mass is 9.87. The number of hydrogen-bond donors (Lipinski definition) is 1. The monoisotopic (exact) mass is 368 g/mol. The van der Waals surface area contributed by atoms with Crippen LogP contribution in [-0.4, -0.2) is 14.6 Å². The van der Waals surface area contributed by atoms with Gasteiger partial charge in [-0.05, 0) is 29.8 Å². The van der Waals surface area contributed by atoms with Gasteiger partial charge in [0.05, 0.1) is 21.4 Å². The second-order valence-electron chi connectivity index (χ2n) is 5.87. The van der Waals surface area contributed by atoms with Gasteiger partial charge in [-0.25, -0.2) is 8.42 Å². The topological polar surface area (TPSA) is 58.5 Å². The number of benzene rings is 2. The van der Waals surface area contributed by atoms with E-state index >= 15 is 0 Å². The summed E-state index contributed by atoms with van der Waals surface area (Å²) in [6.45, 7) is 4.11. The van der Waals surface area contributed by atoms with Crippen LogP contribution in [0.1, 0.15) is 19.4 Å². The zero-order valence-electron chi connectivity index (χ0n) is 12.5. The van der Waals surface area contributed by atoms with E-state index in [0.29, 0.717) is 5.69 Å². The molecule has 1 aliphatic heterocycles. The third-order valence-corrected chi connectivity index (χ3v) is 6.03. The van der Waals surface area contributed by atoms with Crippen LogP contribution < -0.4 is 4.72 Å². The van der Waals surface area contributed by atoms with Gasteiger partial charge in [0.25, 0.3) is 10.0 Å². The van der Waals surface area contributed by atoms with Gasteiger partial charge in [0.2, 0.25) is 0 Å². The van der Waals surface area contributed by atoms with E-state index in [4.69, 9.17) is 23.2 Å². The highest BCUT2D eigenvalue weighted by atomic mass is 35.5. The number of aliphatic imine (C=N–C) groups is 1. The summed E-state index contributed by atoms with van der Waals surface area (Å²) in [5.41, 5.74) is 2.09. The van der Waals surface area contributed by atoms with Crippen molar-refractivity contribution in [2.24, 2.45) is 4.99 Å². The van der Waals surface area contributed by atoms with Crippen LogP contribution in [-0.2, 0) is 15.4 Å². The van der Waals surface area contributed by atoms with E-state index < -0.39 is 10.0 Å². The second kappa shape index (κ2) is 5.51. The lowest BCUT2D eigenvalue weighted by Gasteiger charge is -2.16. The minimum Gasteiger partial charge on any atom is -0.280 e. The van der Waals surface area contributed by atoms with Crippen molar-refractivity contribution in [3.63, 3.8) is 0 Å². The predicted molar refractivity (Wildman–Crippen MR) is 94.9 cm³/mol. The van der Waals surface area contributed by atoms with Crippen LogP contribution in [0.25, 0.3) is 0 Å². The van der Waals surface area contributed by atoms with Crippen molar-refractivity contribution in [1.29, 1.82) is 0 Å². The van der Waals surface area contributed by atoms with Crippen molar-refractivity contribution in [1.82, 2.24) is 0 Å². The molecule has 120 valence electrons. The van der Waals surface area contributed by atoms with Gasteiger partial charge >= 0.3 is 0 Å². The van der Waals surface area contributed by atoms with E-state index in [1.165, 1.54) is 18.2 Å². The zero-order chi connectivity index (χ0) is 16.8. The summed E-state index contributed by atoms with van der Waals surface area (Å²) in [7, 11) is -3.83. The molecule has 0 saturated heterocycles. The first-order chi connectivity index (χ1) is 10.7. The van der Waals surface area contributed by atoms with Crippen LogP contribution in [0.2, 0.25) is 10.0 Å². The Bertz CT molecular complexity index is 922. The van der Waals surface area contributed by atoms with Crippen molar-refractivity contribution in [2.75, 3.05) is 4.72 Å². The molecule has 1 heterocycles. The van der Waals surface area contributed by atoms with E-state index in [9.17, 15) is 8.42 Å². The van der Waals surface area contributed by atoms with Crippen molar-refractivity contribution in [3.8, 4) is 0 Å². The molecule has 0 unspecified atom stereocenters. The quantitative estimate of drug-likeness (QED) is 0.846. The first-order valence-electron chi connectivity index (χ1n) is 6.87. The fourth-order valence-electron chi connectivity index (χ4n) is 2.45. The molecular formula is C16H14Cl2N2O2S. The highest BCUT2D eigenvalue weighted by Gasteiger charge is 2.27. The van der Waals surface area contributed by atoms with Crippen molar-refractivity contribution in [3.05, 3.63) is 52.0 Å². The van der Waals surface area contributed by atoms with E-state index in [1.54, 1.807) is 12.1 Å². The fourth-order valence-corrected chi connectivity index (χ4v) is 4.26. The Morgan fingerprint density at radius 3 is 2.61 bits per heavy atom. The maximum atomic E-state index is 12.5. The Morgan fingerprint density at radius 1 is 1.13 bits per heavy atom. The molecule has 0 atom stereocenters. The summed E-state index contributed by atoms with van der Waals surface area (Å²) >= 11 is 11.9. The maximum absolute atomic E-state index is 12.5. The molecule has 4 nitrogen and oxygen atoms in total. The molecule has 1 N–H and O–H groups in total. The number of nitrogens with one attached hydrogen (secondary N) is 1. The number of rotatable bonds is 3. The summed E-state index contributed by atoms with van der Waals surface area (Å²) in [5.74, 6) is 0. The third-order valence-electron chi connectivity index (χ3n) is 3.68. The van der Waals surface area contributed by atoms with Gasteiger partial charge in [0.15, 0.2) is 0 Å². The molecule has 0 bridgehead atoms. The molecule has 0 amide bonds. The van der Waals surface area contributed by atoms with Gasteiger partial charge in [0, 0.05) is 11.6 Å². The first kappa shape index (κ1) is 16.3. The number of halogens is 2. The predicted octanol–water partition coefficient (Wildman–Crippen LogP) is 4.79. The number of nitrogens with zero attached hydrogens (tertiary/aromatic N) is 1. The minimum atomic E-state index is -3.83. The van der Waals surface area contributed by atoms with Crippen LogP contribution in [0.5, 0.6) is 0 Å². The molecule has 0 radical (unpaired) electrons. The van der Waals surface area contributed by atoms with Crippen LogP contribution in [0.3, 0.4) is 0 Å². The van der Waals surface area contributed by atoms with Crippen molar-refractivity contribution in [2.45, 2.75) is 24.2 Å². The largest absolute Gasteiger partial charge is 0.280 e. The smallest absolute Gasteiger partial charge is 0.263 e. The molecule has 0 aliphatic carbocycles. The third kappa shape index (κ3) is 2.96. The average molecular weight is 369 g/mol. The van der Waals surface area contributed by atoms with E-state index in [2.05, 4.69) is 23.6 Å². The van der Waals surface area contributed by atoms with Crippen LogP contribution >= 0.6 is 23.2 Å². The van der Waals surface area contributed by atoms with Crippen LogP contribution in [0.15, 0.2) is 46.3 Å². The van der Waals surface area contributed by atoms with Gasteiger partial charge in [-0.1, -0.05) is 49.2 Å². The summed E-state index contributed by atoms with van der Waals surface area (Å²) in [4.78, 5) is 4.28. The molecule has 23 heavy (non-hydrogen) atoms.